The van der Waals surface area contributed by atoms with Crippen LogP contribution in [0.15, 0.2) is 96.2 Å². The molecule has 2 unspecified atom stereocenters. The van der Waals surface area contributed by atoms with Crippen LogP contribution in [0.3, 0.4) is 0 Å². The third-order valence-electron chi connectivity index (χ3n) is 3.70. The van der Waals surface area contributed by atoms with Gasteiger partial charge in [-0.25, -0.2) is 0 Å². The van der Waals surface area contributed by atoms with Crippen molar-refractivity contribution in [1.29, 1.82) is 0 Å². The molecule has 34 heavy (non-hydrogen) atoms. The Kier molecular flexibility index (Phi) is 36.5. The van der Waals surface area contributed by atoms with Crippen molar-refractivity contribution in [3.8, 4) is 0 Å². The van der Waals surface area contributed by atoms with E-state index in [9.17, 15) is 10.2 Å². The van der Waals surface area contributed by atoms with Crippen LogP contribution in [-0.4, -0.2) is 22.4 Å². The topological polar surface area (TPSA) is 40.5 Å². The Balaban J connectivity index is -0.000000197. The van der Waals surface area contributed by atoms with Crippen LogP contribution >= 0.6 is 0 Å². The smallest absolute Gasteiger partial charge is 0.389 e. The monoisotopic (exact) mass is 633 g/mol. The van der Waals surface area contributed by atoms with Crippen molar-refractivity contribution in [1.82, 2.24) is 0 Å². The molecule has 4 aliphatic carbocycles. The van der Waals surface area contributed by atoms with Gasteiger partial charge in [0.25, 0.3) is 0 Å². The van der Waals surface area contributed by atoms with Gasteiger partial charge in [-0.2, -0.15) is 27.7 Å². The van der Waals surface area contributed by atoms with Crippen molar-refractivity contribution in [2.45, 2.75) is 46.3 Å². The van der Waals surface area contributed by atoms with E-state index in [4.69, 9.17) is 0 Å². The van der Waals surface area contributed by atoms with E-state index in [2.05, 4.69) is 0 Å². The van der Waals surface area contributed by atoms with Crippen LogP contribution in [0.2, 0.25) is 0 Å². The fraction of sp³-hybridized carbons (Fsp3) is 0.241. The summed E-state index contributed by atoms with van der Waals surface area (Å²) in [5.74, 6) is 0. The molecule has 0 aromatic rings. The van der Waals surface area contributed by atoms with Gasteiger partial charge in [0.05, 0.1) is 12.2 Å². The molecule has 191 valence electrons. The average molecular weight is 633 g/mol. The molecule has 2 nitrogen and oxygen atoms in total. The van der Waals surface area contributed by atoms with E-state index in [1.54, 1.807) is 0 Å². The minimum absolute atomic E-state index is 0. The molecule has 0 bridgehead atoms. The first-order chi connectivity index (χ1) is 15.1. The molecule has 0 saturated carbocycles. The fourth-order valence-electron chi connectivity index (χ4n) is 2.35. The molecule has 0 aliphatic heterocycles. The van der Waals surface area contributed by atoms with Gasteiger partial charge >= 0.3 is 19.5 Å². The maximum Gasteiger partial charge on any atom is 2.00 e. The van der Waals surface area contributed by atoms with Crippen LogP contribution in [0, 0.1) is 38.5 Å². The molecular weight excluding hydrogens is 595 g/mol. The van der Waals surface area contributed by atoms with Crippen LogP contribution in [0.25, 0.3) is 0 Å². The summed E-state index contributed by atoms with van der Waals surface area (Å²) in [5, 5.41) is 19.6. The van der Waals surface area contributed by atoms with Crippen LogP contribution in [0.4, 0.5) is 0 Å². The van der Waals surface area contributed by atoms with E-state index in [-0.39, 0.29) is 53.6 Å². The van der Waals surface area contributed by atoms with Crippen LogP contribution in [-0.2, 0) is 53.6 Å². The molecule has 0 amide bonds. The second-order valence-electron chi connectivity index (χ2n) is 6.78. The maximum atomic E-state index is 9.82. The van der Waals surface area contributed by atoms with Crippen molar-refractivity contribution in [2.24, 2.45) is 0 Å². The zero-order chi connectivity index (χ0) is 23.2. The molecule has 0 saturated heterocycles. The van der Waals surface area contributed by atoms with Gasteiger partial charge in [0.15, 0.2) is 0 Å². The van der Waals surface area contributed by atoms with E-state index in [1.807, 2.05) is 151 Å². The largest absolute Gasteiger partial charge is 2.00 e. The second kappa shape index (κ2) is 30.5. The molecule has 0 spiro atoms. The van der Waals surface area contributed by atoms with Gasteiger partial charge in [-0.15, -0.1) is 0 Å². The fourth-order valence-corrected chi connectivity index (χ4v) is 2.35. The third-order valence-corrected chi connectivity index (χ3v) is 3.70. The van der Waals surface area contributed by atoms with Gasteiger partial charge in [0.1, 0.15) is 0 Å². The normalized spacial score (nSPS) is 16.3. The van der Waals surface area contributed by atoms with E-state index < -0.39 is 12.2 Å². The number of aliphatic hydroxyl groups is 2. The predicted molar refractivity (Wildman–Crippen MR) is 136 cm³/mol. The summed E-state index contributed by atoms with van der Waals surface area (Å²) in [7, 11) is 0. The SMILES string of the molecule is C[CH-]C.C[CH-]C.OC(CC(O)C1=C[CH]C=C1)C1=CC=C[CH]1.[CH]1C=CC=C1.[CH]1C=CC=C1.[Fe].[Fe].[Rh+2]. The minimum Gasteiger partial charge on any atom is -0.389 e. The molecule has 4 rings (SSSR count). The molecule has 5 radical (unpaired) electrons. The Morgan fingerprint density at radius 1 is 0.588 bits per heavy atom. The van der Waals surface area contributed by atoms with Crippen LogP contribution in [0.1, 0.15) is 34.1 Å². The molecule has 5 heteroatoms. The zero-order valence-corrected chi connectivity index (χ0v) is 24.2. The number of hydrogen-bond acceptors (Lipinski definition) is 2. The van der Waals surface area contributed by atoms with Gasteiger partial charge < -0.3 is 23.1 Å². The van der Waals surface area contributed by atoms with Crippen molar-refractivity contribution >= 4 is 0 Å². The summed E-state index contributed by atoms with van der Waals surface area (Å²) in [5.41, 5.74) is 1.72. The number of allylic oxidation sites excluding steroid dienone is 13. The minimum atomic E-state index is -0.593. The first kappa shape index (κ1) is 40.7. The van der Waals surface area contributed by atoms with E-state index in [1.165, 1.54) is 0 Å². The van der Waals surface area contributed by atoms with Gasteiger partial charge in [0, 0.05) is 66.2 Å². The molecule has 0 aromatic heterocycles. The average Bonchev–Trinajstić information content (AvgIpc) is 3.59. The van der Waals surface area contributed by atoms with Crippen LogP contribution < -0.4 is 0 Å². The Labute approximate surface area is 243 Å². The van der Waals surface area contributed by atoms with Crippen molar-refractivity contribution in [2.75, 3.05) is 0 Å². The Morgan fingerprint density at radius 3 is 1.32 bits per heavy atom. The molecular formula is C29H38Fe2O2Rh. The maximum absolute atomic E-state index is 9.82. The number of aliphatic hydroxyl groups excluding tert-OH is 2. The number of hydrogen-bond donors (Lipinski definition) is 2. The molecule has 4 aliphatic rings. The van der Waals surface area contributed by atoms with Gasteiger partial charge in [-0.05, 0) is 11.1 Å². The summed E-state index contributed by atoms with van der Waals surface area (Å²) in [4.78, 5) is 0. The molecule has 0 heterocycles. The van der Waals surface area contributed by atoms with E-state index >= 15 is 0 Å². The Morgan fingerprint density at radius 2 is 1.03 bits per heavy atom. The zero-order valence-electron chi connectivity index (χ0n) is 20.3. The predicted octanol–water partition coefficient (Wildman–Crippen LogP) is 6.59. The second-order valence-corrected chi connectivity index (χ2v) is 6.78. The quantitative estimate of drug-likeness (QED) is 0.271. The summed E-state index contributed by atoms with van der Waals surface area (Å²) >= 11 is 0. The third kappa shape index (κ3) is 23.3. The van der Waals surface area contributed by atoms with Gasteiger partial charge in [0.2, 0.25) is 0 Å². The first-order valence-electron chi connectivity index (χ1n) is 10.7. The summed E-state index contributed by atoms with van der Waals surface area (Å²) in [6, 6.07) is 0. The first-order valence-corrected chi connectivity index (χ1v) is 10.7. The Hall–Kier alpha value is -0.498. The standard InChI is InChI=1S/C13H14O2.2C5H5.2C3H7.2Fe.Rh/c14-12(10-5-1-2-6-10)9-13(15)11-7-3-4-8-11;2*1-2-4-5-3-1;2*1-3-2;;;/h1-8,12-15H,9H2;2*1-5H;2*3H,1-2H3;;;/q;;;2*-1;;;+2. The Bertz CT molecular complexity index is 642. The van der Waals surface area contributed by atoms with E-state index in [0.717, 1.165) is 11.1 Å². The molecule has 0 aromatic carbocycles. The van der Waals surface area contributed by atoms with Gasteiger partial charge in [-0.1, -0.05) is 85.1 Å². The van der Waals surface area contributed by atoms with Crippen molar-refractivity contribution < 1.29 is 63.8 Å². The summed E-state index contributed by atoms with van der Waals surface area (Å²) in [6.45, 7) is 8.00. The van der Waals surface area contributed by atoms with Crippen molar-refractivity contribution in [3.05, 3.63) is 135 Å². The molecule has 2 atom stereocenters. The summed E-state index contributed by atoms with van der Waals surface area (Å²) in [6.07, 6.45) is 38.1. The van der Waals surface area contributed by atoms with E-state index in [0.29, 0.717) is 6.42 Å². The summed E-state index contributed by atoms with van der Waals surface area (Å²) < 4.78 is 0. The van der Waals surface area contributed by atoms with Gasteiger partial charge in [-0.3, -0.25) is 0 Å². The van der Waals surface area contributed by atoms with Crippen molar-refractivity contribution in [3.63, 3.8) is 0 Å². The van der Waals surface area contributed by atoms with Crippen LogP contribution in [0.5, 0.6) is 0 Å². The number of rotatable bonds is 4. The molecule has 0 fully saturated rings. The molecule has 2 N–H and O–H groups in total.